The van der Waals surface area contributed by atoms with E-state index >= 15 is 8.78 Å². The number of aromatic nitrogens is 3. The van der Waals surface area contributed by atoms with Gasteiger partial charge in [0.15, 0.2) is 17.2 Å². The van der Waals surface area contributed by atoms with E-state index in [4.69, 9.17) is 21.4 Å². The monoisotopic (exact) mass is 927 g/mol. The topological polar surface area (TPSA) is 160 Å². The molecule has 350 valence electrons. The number of imide groups is 1. The average molecular weight is 928 g/mol. The molecule has 16 nitrogen and oxygen atoms in total. The number of anilines is 5. The number of urea groups is 1. The van der Waals surface area contributed by atoms with Crippen molar-refractivity contribution in [2.24, 2.45) is 5.41 Å². The summed E-state index contributed by atoms with van der Waals surface area (Å²) in [6.45, 7) is 3.77. The maximum absolute atomic E-state index is 16.4. The molecule has 3 N–H and O–H groups in total. The highest BCUT2D eigenvalue weighted by Gasteiger charge is 2.54. The summed E-state index contributed by atoms with van der Waals surface area (Å²) in [5, 5.41) is 13.9. The predicted molar refractivity (Wildman–Crippen MR) is 247 cm³/mol. The number of alkyl halides is 2. The van der Waals surface area contributed by atoms with E-state index in [1.54, 1.807) is 37.7 Å². The number of carbonyl (C=O) groups is 4. The molecule has 2 saturated carbocycles. The van der Waals surface area contributed by atoms with Gasteiger partial charge in [-0.1, -0.05) is 17.7 Å². The Morgan fingerprint density at radius 3 is 2.42 bits per heavy atom. The molecule has 1 unspecified atom stereocenters. The van der Waals surface area contributed by atoms with Crippen molar-refractivity contribution in [2.45, 2.75) is 94.9 Å². The molecule has 4 aromatic rings. The number of halogens is 3. The van der Waals surface area contributed by atoms with Crippen LogP contribution in [-0.2, 0) is 16.0 Å². The summed E-state index contributed by atoms with van der Waals surface area (Å²) in [5.74, 6) is -3.13. The first-order valence-electron chi connectivity index (χ1n) is 23.0. The Morgan fingerprint density at radius 2 is 1.73 bits per heavy atom. The predicted octanol–water partition coefficient (Wildman–Crippen LogP) is 6.01. The van der Waals surface area contributed by atoms with Crippen LogP contribution in [0.1, 0.15) is 83.3 Å². The van der Waals surface area contributed by atoms with Crippen molar-refractivity contribution < 1.29 is 32.7 Å². The highest BCUT2D eigenvalue weighted by Crippen LogP contribution is 2.52. The van der Waals surface area contributed by atoms with Crippen molar-refractivity contribution >= 4 is 69.6 Å². The standard InChI is InChI=1S/C47H56ClF2N11O5/c1-27-31(48)20-28(21-36(27)60-17-12-41(62)54-45(60)65)44(64)57-18-13-46(14-19-57)23-29(24-46)56(3)39-11-15-58(26-47(39,49)50)34-6-5-7-35-30(34)10-16-59(35)40-22-33(51-2)42-52-25-37(61(42)55-40)43(63)53-32-8-9-38(32)66-4/h5-7,20-22,25,29,32,38-39,51H,8-19,23-24,26H2,1-4H3,(H,53,63)(H,54,62,65)/t32-,38-,39?/m1/s1. The van der Waals surface area contributed by atoms with Gasteiger partial charge < -0.3 is 30.1 Å². The van der Waals surface area contributed by atoms with Gasteiger partial charge >= 0.3 is 6.03 Å². The molecule has 3 saturated heterocycles. The summed E-state index contributed by atoms with van der Waals surface area (Å²) in [5.41, 5.74) is 5.78. The number of nitrogens with one attached hydrogen (secondary N) is 3. The molecule has 1 spiro atoms. The number of rotatable bonds is 10. The number of fused-ring (bicyclic) bond motifs is 2. The van der Waals surface area contributed by atoms with E-state index < -0.39 is 18.0 Å². The van der Waals surface area contributed by atoms with E-state index in [2.05, 4.69) is 25.8 Å². The number of imidazole rings is 1. The third kappa shape index (κ3) is 7.67. The number of carbonyl (C=O) groups excluding carboxylic acids is 4. The Labute approximate surface area is 386 Å². The molecule has 66 heavy (non-hydrogen) atoms. The number of hydrogen-bond acceptors (Lipinski definition) is 11. The van der Waals surface area contributed by atoms with E-state index in [0.29, 0.717) is 83.7 Å². The van der Waals surface area contributed by atoms with Gasteiger partial charge in [-0.2, -0.15) is 0 Å². The zero-order valence-corrected chi connectivity index (χ0v) is 38.5. The van der Waals surface area contributed by atoms with Crippen molar-refractivity contribution in [3.05, 3.63) is 70.0 Å². The molecule has 4 aliphatic heterocycles. The second kappa shape index (κ2) is 16.9. The normalized spacial score (nSPS) is 23.8. The second-order valence-corrected chi connectivity index (χ2v) is 19.4. The molecule has 2 aromatic carbocycles. The van der Waals surface area contributed by atoms with Gasteiger partial charge in [0.05, 0.1) is 42.3 Å². The minimum absolute atomic E-state index is 0.000389. The molecule has 6 aliphatic rings. The smallest absolute Gasteiger partial charge is 0.328 e. The first-order chi connectivity index (χ1) is 31.7. The molecule has 2 aromatic heterocycles. The lowest BCUT2D eigenvalue weighted by Crippen LogP contribution is -2.63. The van der Waals surface area contributed by atoms with Crippen LogP contribution < -0.4 is 30.7 Å². The van der Waals surface area contributed by atoms with E-state index in [1.807, 2.05) is 46.0 Å². The van der Waals surface area contributed by atoms with Crippen LogP contribution in [0.2, 0.25) is 5.02 Å². The number of benzene rings is 2. The zero-order valence-electron chi connectivity index (χ0n) is 37.7. The molecule has 0 bridgehead atoms. The highest BCUT2D eigenvalue weighted by atomic mass is 35.5. The summed E-state index contributed by atoms with van der Waals surface area (Å²) in [7, 11) is 5.29. The fourth-order valence-corrected chi connectivity index (χ4v) is 11.5. The van der Waals surface area contributed by atoms with E-state index in [1.165, 1.54) is 11.1 Å². The summed E-state index contributed by atoms with van der Waals surface area (Å²) in [6, 6.07) is 9.60. The van der Waals surface area contributed by atoms with Gasteiger partial charge in [0.1, 0.15) is 0 Å². The van der Waals surface area contributed by atoms with Crippen LogP contribution in [0.3, 0.4) is 0 Å². The second-order valence-electron chi connectivity index (χ2n) is 19.0. The van der Waals surface area contributed by atoms with E-state index in [-0.39, 0.29) is 60.8 Å². The average Bonchev–Trinajstić information content (AvgIpc) is 3.92. The van der Waals surface area contributed by atoms with E-state index in [0.717, 1.165) is 55.5 Å². The van der Waals surface area contributed by atoms with Crippen LogP contribution in [0.15, 0.2) is 42.6 Å². The summed E-state index contributed by atoms with van der Waals surface area (Å²) in [6.07, 6.45) is 7.56. The Bertz CT molecular complexity index is 2610. The molecule has 10 rings (SSSR count). The maximum atomic E-state index is 16.4. The van der Waals surface area contributed by atoms with Crippen molar-refractivity contribution in [2.75, 3.05) is 80.5 Å². The molecular weight excluding hydrogens is 872 g/mol. The number of amides is 5. The Hall–Kier alpha value is -5.59. The molecule has 5 fully saturated rings. The molecule has 19 heteroatoms. The quantitative estimate of drug-likeness (QED) is 0.171. The van der Waals surface area contributed by atoms with Crippen molar-refractivity contribution in [1.29, 1.82) is 0 Å². The first-order valence-corrected chi connectivity index (χ1v) is 23.4. The SMILES string of the molecule is CNc1cc(N2CCc3c(N4CCC(N(C)C5CC6(CCN(C(=O)c7cc(Cl)c(C)c(N8CCC(=O)NC8=O)c7)CC6)C5)C(F)(F)C4)cccc32)nn2c(C(=O)N[C@@H]3CC[C@H]3OC)cnc12. The molecule has 0 radical (unpaired) electrons. The minimum atomic E-state index is -2.96. The molecule has 6 heterocycles. The van der Waals surface area contributed by atoms with Gasteiger partial charge in [-0.25, -0.2) is 23.1 Å². The third-order valence-corrected chi connectivity index (χ3v) is 15.8. The lowest BCUT2D eigenvalue weighted by Gasteiger charge is -2.57. The van der Waals surface area contributed by atoms with Gasteiger partial charge in [-0.15, -0.1) is 5.10 Å². The number of likely N-dealkylation sites (tertiary alicyclic amines) is 1. The third-order valence-electron chi connectivity index (χ3n) is 15.4. The Kier molecular flexibility index (Phi) is 11.4. The van der Waals surface area contributed by atoms with E-state index in [9.17, 15) is 19.2 Å². The van der Waals surface area contributed by atoms with Crippen LogP contribution in [0, 0.1) is 12.3 Å². The zero-order chi connectivity index (χ0) is 46.2. The summed E-state index contributed by atoms with van der Waals surface area (Å²) >= 11 is 6.57. The van der Waals surface area contributed by atoms with Crippen LogP contribution in [0.5, 0.6) is 0 Å². The number of piperidine rings is 2. The lowest BCUT2D eigenvalue weighted by atomic mass is 9.59. The van der Waals surface area contributed by atoms with Crippen LogP contribution >= 0.6 is 11.6 Å². The van der Waals surface area contributed by atoms with Gasteiger partial charge in [0.2, 0.25) is 5.91 Å². The van der Waals surface area contributed by atoms with Gasteiger partial charge in [0, 0.05) is 92.9 Å². The van der Waals surface area contributed by atoms with Crippen LogP contribution in [0.4, 0.5) is 42.1 Å². The highest BCUT2D eigenvalue weighted by molar-refractivity contribution is 6.32. The summed E-state index contributed by atoms with van der Waals surface area (Å²) < 4.78 is 39.9. The van der Waals surface area contributed by atoms with Gasteiger partial charge in [0.25, 0.3) is 17.7 Å². The molecular formula is C47H56ClF2N11O5. The number of ether oxygens (including phenoxy) is 1. The van der Waals surface area contributed by atoms with Crippen LogP contribution in [-0.4, -0.2) is 139 Å². The minimum Gasteiger partial charge on any atom is -0.385 e. The Morgan fingerprint density at radius 1 is 0.970 bits per heavy atom. The molecule has 5 amide bonds. The van der Waals surface area contributed by atoms with Gasteiger partial charge in [-0.05, 0) is 101 Å². The fourth-order valence-electron chi connectivity index (χ4n) is 11.3. The fraction of sp³-hybridized carbons (Fsp3) is 0.532. The molecule has 3 atom stereocenters. The van der Waals surface area contributed by atoms with Crippen LogP contribution in [0.25, 0.3) is 5.65 Å². The largest absolute Gasteiger partial charge is 0.385 e. The molecule has 2 aliphatic carbocycles. The number of methoxy groups -OCH3 is 1. The first kappa shape index (κ1) is 44.3. The number of nitrogens with zero attached hydrogens (tertiary/aromatic N) is 8. The lowest BCUT2D eigenvalue weighted by molar-refractivity contribution is -0.123. The number of hydrogen-bond donors (Lipinski definition) is 3. The van der Waals surface area contributed by atoms with Crippen molar-refractivity contribution in [3.8, 4) is 0 Å². The van der Waals surface area contributed by atoms with Gasteiger partial charge in [-0.3, -0.25) is 29.5 Å². The Balaban J connectivity index is 0.771. The van der Waals surface area contributed by atoms with Crippen molar-refractivity contribution in [1.82, 2.24) is 35.0 Å². The maximum Gasteiger partial charge on any atom is 0.328 e. The van der Waals surface area contributed by atoms with Crippen molar-refractivity contribution in [3.63, 3.8) is 0 Å². The summed E-state index contributed by atoms with van der Waals surface area (Å²) in [4.78, 5) is 65.2.